The molecule has 0 bridgehead atoms. The van der Waals surface area contributed by atoms with Crippen molar-refractivity contribution in [3.8, 4) is 0 Å². The van der Waals surface area contributed by atoms with Crippen LogP contribution in [0.4, 0.5) is 0 Å². The van der Waals surface area contributed by atoms with Crippen molar-refractivity contribution in [3.63, 3.8) is 0 Å². The molecule has 2 N–H and O–H groups in total. The second-order valence-corrected chi connectivity index (χ2v) is 7.00. The molecule has 19 heavy (non-hydrogen) atoms. The fourth-order valence-electron chi connectivity index (χ4n) is 2.74. The summed E-state index contributed by atoms with van der Waals surface area (Å²) in [7, 11) is 0. The number of rotatable bonds is 2. The van der Waals surface area contributed by atoms with Gasteiger partial charge in [0.1, 0.15) is 0 Å². The number of thiazole rings is 1. The molecular formula is C16H28N2S. The van der Waals surface area contributed by atoms with E-state index < -0.39 is 0 Å². The van der Waals surface area contributed by atoms with E-state index in [0.717, 1.165) is 0 Å². The molecule has 0 fully saturated rings. The second kappa shape index (κ2) is 8.01. The third-order valence-corrected chi connectivity index (χ3v) is 5.53. The van der Waals surface area contributed by atoms with Gasteiger partial charge < -0.3 is 5.73 Å². The lowest BCUT2D eigenvalue weighted by atomic mass is 10.0. The molecule has 3 heteroatoms. The lowest BCUT2D eigenvalue weighted by Gasteiger charge is -2.06. The molecule has 1 heterocycles. The molecule has 0 spiro atoms. The zero-order chi connectivity index (χ0) is 13.5. The first-order valence-electron chi connectivity index (χ1n) is 8.00. The van der Waals surface area contributed by atoms with Crippen LogP contribution in [-0.2, 0) is 12.8 Å². The third-order valence-electron chi connectivity index (χ3n) is 4.14. The van der Waals surface area contributed by atoms with Crippen molar-refractivity contribution in [2.45, 2.75) is 77.0 Å². The molecule has 0 saturated carbocycles. The average molecular weight is 280 g/mol. The van der Waals surface area contributed by atoms with Crippen LogP contribution in [0.15, 0.2) is 0 Å². The number of aryl methyl sites for hydroxylation is 2. The highest BCUT2D eigenvalue weighted by atomic mass is 32.1. The van der Waals surface area contributed by atoms with Crippen LogP contribution in [-0.4, -0.2) is 11.5 Å². The van der Waals surface area contributed by atoms with Crippen molar-refractivity contribution in [1.29, 1.82) is 0 Å². The normalized spacial score (nSPS) is 20.1. The van der Waals surface area contributed by atoms with Crippen molar-refractivity contribution < 1.29 is 0 Å². The minimum atomic E-state index is 0.424. The Labute approximate surface area is 121 Å². The van der Waals surface area contributed by atoms with E-state index in [1.165, 1.54) is 74.9 Å². The molecule has 2 rings (SSSR count). The minimum absolute atomic E-state index is 0.424. The van der Waals surface area contributed by atoms with Crippen molar-refractivity contribution >= 4 is 11.3 Å². The number of hydrogen-bond acceptors (Lipinski definition) is 3. The lowest BCUT2D eigenvalue weighted by Crippen LogP contribution is -2.08. The number of nitrogens with zero attached hydrogens (tertiary/aromatic N) is 1. The number of hydrogen-bond donors (Lipinski definition) is 1. The molecule has 1 aromatic heterocycles. The molecule has 2 nitrogen and oxygen atoms in total. The largest absolute Gasteiger partial charge is 0.330 e. The Morgan fingerprint density at radius 2 is 1.58 bits per heavy atom. The van der Waals surface area contributed by atoms with Crippen molar-refractivity contribution in [2.24, 2.45) is 5.73 Å². The first-order chi connectivity index (χ1) is 9.31. The van der Waals surface area contributed by atoms with Crippen LogP contribution < -0.4 is 5.73 Å². The Bertz CT molecular complexity index is 343. The maximum atomic E-state index is 5.78. The first kappa shape index (κ1) is 15.0. The molecule has 1 atom stereocenters. The van der Waals surface area contributed by atoms with Gasteiger partial charge in [-0.15, -0.1) is 11.3 Å². The molecule has 0 amide bonds. The molecule has 1 aliphatic carbocycles. The van der Waals surface area contributed by atoms with Gasteiger partial charge in [0.2, 0.25) is 0 Å². The van der Waals surface area contributed by atoms with Gasteiger partial charge in [0.25, 0.3) is 0 Å². The van der Waals surface area contributed by atoms with Gasteiger partial charge in [-0.3, -0.25) is 0 Å². The van der Waals surface area contributed by atoms with E-state index in [-0.39, 0.29) is 0 Å². The predicted octanol–water partition coefficient (Wildman–Crippen LogP) is 4.42. The topological polar surface area (TPSA) is 38.9 Å². The zero-order valence-electron chi connectivity index (χ0n) is 12.3. The molecule has 0 aliphatic heterocycles. The Hall–Kier alpha value is -0.410. The summed E-state index contributed by atoms with van der Waals surface area (Å²) < 4.78 is 0. The van der Waals surface area contributed by atoms with Gasteiger partial charge in [0.05, 0.1) is 10.7 Å². The summed E-state index contributed by atoms with van der Waals surface area (Å²) >= 11 is 1.93. The van der Waals surface area contributed by atoms with Crippen LogP contribution >= 0.6 is 11.3 Å². The van der Waals surface area contributed by atoms with Crippen LogP contribution in [0.5, 0.6) is 0 Å². The van der Waals surface area contributed by atoms with Crippen molar-refractivity contribution in [3.05, 3.63) is 15.6 Å². The van der Waals surface area contributed by atoms with Gasteiger partial charge in [0, 0.05) is 17.3 Å². The minimum Gasteiger partial charge on any atom is -0.330 e. The number of nitrogens with two attached hydrogens (primary N) is 1. The summed E-state index contributed by atoms with van der Waals surface area (Å²) in [6.07, 6.45) is 13.5. The van der Waals surface area contributed by atoms with Crippen LogP contribution in [0.25, 0.3) is 0 Å². The van der Waals surface area contributed by atoms with Crippen LogP contribution in [0.3, 0.4) is 0 Å². The van der Waals surface area contributed by atoms with Gasteiger partial charge in [-0.05, 0) is 25.7 Å². The standard InChI is InChI=1S/C16H28N2S/c1-13(12-17)16-18-14-10-8-6-4-2-3-5-7-9-11-15(14)19-16/h13H,2-12,17H2,1H3. The van der Waals surface area contributed by atoms with E-state index in [1.807, 2.05) is 11.3 Å². The first-order valence-corrected chi connectivity index (χ1v) is 8.81. The van der Waals surface area contributed by atoms with Gasteiger partial charge in [0.15, 0.2) is 0 Å². The quantitative estimate of drug-likeness (QED) is 0.870. The zero-order valence-corrected chi connectivity index (χ0v) is 13.1. The summed E-state index contributed by atoms with van der Waals surface area (Å²) in [6, 6.07) is 0. The van der Waals surface area contributed by atoms with E-state index in [4.69, 9.17) is 10.7 Å². The number of fused-ring (bicyclic) bond motifs is 1. The Balaban J connectivity index is 2.06. The number of aromatic nitrogens is 1. The molecule has 0 aromatic carbocycles. The maximum absolute atomic E-state index is 5.78. The highest BCUT2D eigenvalue weighted by Gasteiger charge is 2.15. The Kier molecular flexibility index (Phi) is 6.32. The monoisotopic (exact) mass is 280 g/mol. The molecule has 1 unspecified atom stereocenters. The van der Waals surface area contributed by atoms with E-state index in [1.54, 1.807) is 4.88 Å². The van der Waals surface area contributed by atoms with E-state index in [0.29, 0.717) is 12.5 Å². The van der Waals surface area contributed by atoms with Crippen LogP contribution in [0.2, 0.25) is 0 Å². The molecule has 0 radical (unpaired) electrons. The smallest absolute Gasteiger partial charge is 0.0971 e. The summed E-state index contributed by atoms with van der Waals surface area (Å²) in [5.74, 6) is 0.424. The highest BCUT2D eigenvalue weighted by molar-refractivity contribution is 7.11. The Morgan fingerprint density at radius 1 is 1.00 bits per heavy atom. The molecule has 1 aromatic rings. The van der Waals surface area contributed by atoms with Crippen molar-refractivity contribution in [2.75, 3.05) is 6.54 Å². The highest BCUT2D eigenvalue weighted by Crippen LogP contribution is 2.28. The van der Waals surface area contributed by atoms with E-state index >= 15 is 0 Å². The summed E-state index contributed by atoms with van der Waals surface area (Å²) in [4.78, 5) is 6.44. The third kappa shape index (κ3) is 4.57. The fourth-order valence-corrected chi connectivity index (χ4v) is 3.96. The molecule has 0 saturated heterocycles. The van der Waals surface area contributed by atoms with E-state index in [9.17, 15) is 0 Å². The van der Waals surface area contributed by atoms with Gasteiger partial charge in [-0.2, -0.15) is 0 Å². The molecule has 108 valence electrons. The van der Waals surface area contributed by atoms with Crippen molar-refractivity contribution in [1.82, 2.24) is 4.98 Å². The summed E-state index contributed by atoms with van der Waals surface area (Å²) in [5.41, 5.74) is 7.17. The maximum Gasteiger partial charge on any atom is 0.0971 e. The van der Waals surface area contributed by atoms with Crippen LogP contribution in [0, 0.1) is 0 Å². The van der Waals surface area contributed by atoms with Gasteiger partial charge >= 0.3 is 0 Å². The predicted molar refractivity (Wildman–Crippen MR) is 83.9 cm³/mol. The summed E-state index contributed by atoms with van der Waals surface area (Å²) in [5, 5.41) is 1.27. The van der Waals surface area contributed by atoms with Gasteiger partial charge in [-0.25, -0.2) is 4.98 Å². The second-order valence-electron chi connectivity index (χ2n) is 5.89. The van der Waals surface area contributed by atoms with Crippen LogP contribution in [0.1, 0.15) is 79.8 Å². The summed E-state index contributed by atoms with van der Waals surface area (Å²) in [6.45, 7) is 2.91. The molecule has 1 aliphatic rings. The van der Waals surface area contributed by atoms with E-state index in [2.05, 4.69) is 6.92 Å². The van der Waals surface area contributed by atoms with Gasteiger partial charge in [-0.1, -0.05) is 45.4 Å². The Morgan fingerprint density at radius 3 is 2.21 bits per heavy atom. The average Bonchev–Trinajstić information content (AvgIpc) is 2.81. The SMILES string of the molecule is CC(CN)c1nc2c(s1)CCCCCCCCCC2. The fraction of sp³-hybridized carbons (Fsp3) is 0.812. The molecular weight excluding hydrogens is 252 g/mol. The lowest BCUT2D eigenvalue weighted by molar-refractivity contribution is 0.559.